The Morgan fingerprint density at radius 2 is 2.08 bits per heavy atom. The lowest BCUT2D eigenvalue weighted by Gasteiger charge is -2.08. The second-order valence-corrected chi connectivity index (χ2v) is 7.22. The molecule has 8 nitrogen and oxygen atoms in total. The molecule has 0 saturated heterocycles. The quantitative estimate of drug-likeness (QED) is 0.359. The molecule has 134 valence electrons. The van der Waals surface area contributed by atoms with Crippen LogP contribution in [0.15, 0.2) is 46.9 Å². The number of aromatic nitrogens is 3. The number of nitro groups is 1. The van der Waals surface area contributed by atoms with Gasteiger partial charge in [0.2, 0.25) is 5.91 Å². The average Bonchev–Trinajstić information content (AvgIpc) is 3.27. The van der Waals surface area contributed by atoms with Gasteiger partial charge in [-0.25, -0.2) is 0 Å². The van der Waals surface area contributed by atoms with Crippen LogP contribution in [0.3, 0.4) is 0 Å². The molecule has 0 fully saturated rings. The van der Waals surface area contributed by atoms with Gasteiger partial charge in [-0.2, -0.15) is 0 Å². The van der Waals surface area contributed by atoms with Gasteiger partial charge in [0.15, 0.2) is 11.0 Å². The van der Waals surface area contributed by atoms with E-state index in [0.29, 0.717) is 28.8 Å². The van der Waals surface area contributed by atoms with E-state index in [9.17, 15) is 14.9 Å². The van der Waals surface area contributed by atoms with Crippen molar-refractivity contribution in [1.29, 1.82) is 0 Å². The van der Waals surface area contributed by atoms with Crippen molar-refractivity contribution in [2.24, 2.45) is 5.73 Å². The molecule has 0 unspecified atom stereocenters. The molecule has 0 spiro atoms. The molecule has 1 amide bonds. The van der Waals surface area contributed by atoms with Crippen LogP contribution in [-0.4, -0.2) is 25.6 Å². The van der Waals surface area contributed by atoms with Crippen molar-refractivity contribution in [2.45, 2.75) is 23.9 Å². The topological polar surface area (TPSA) is 117 Å². The summed E-state index contributed by atoms with van der Waals surface area (Å²) in [4.78, 5) is 22.9. The molecule has 0 aliphatic carbocycles. The van der Waals surface area contributed by atoms with Crippen molar-refractivity contribution in [3.8, 4) is 10.7 Å². The second-order valence-electron chi connectivity index (χ2n) is 5.33. The number of primary amides is 1. The van der Waals surface area contributed by atoms with Crippen LogP contribution < -0.4 is 5.73 Å². The van der Waals surface area contributed by atoms with Crippen molar-refractivity contribution in [2.75, 3.05) is 0 Å². The zero-order chi connectivity index (χ0) is 18.5. The van der Waals surface area contributed by atoms with Gasteiger partial charge in [-0.3, -0.25) is 14.9 Å². The van der Waals surface area contributed by atoms with E-state index in [2.05, 4.69) is 10.2 Å². The van der Waals surface area contributed by atoms with E-state index in [0.717, 1.165) is 4.88 Å². The van der Waals surface area contributed by atoms with Gasteiger partial charge in [0.1, 0.15) is 0 Å². The minimum atomic E-state index is -0.412. The number of thioether (sulfide) groups is 1. The summed E-state index contributed by atoms with van der Waals surface area (Å²) < 4.78 is 1.83. The fourth-order valence-electron chi connectivity index (χ4n) is 2.36. The number of benzene rings is 1. The van der Waals surface area contributed by atoms with Gasteiger partial charge in [0.05, 0.1) is 9.80 Å². The number of nitro benzene ring substituents is 1. The number of hydrogen-bond acceptors (Lipinski definition) is 7. The Kier molecular flexibility index (Phi) is 5.64. The number of hydrogen-bond donors (Lipinski definition) is 1. The minimum absolute atomic E-state index is 0.0710. The number of rotatable bonds is 8. The highest BCUT2D eigenvalue weighted by molar-refractivity contribution is 7.98. The molecule has 2 aromatic heterocycles. The van der Waals surface area contributed by atoms with Crippen molar-refractivity contribution < 1.29 is 9.72 Å². The van der Waals surface area contributed by atoms with E-state index in [1.54, 1.807) is 18.2 Å². The van der Waals surface area contributed by atoms with Gasteiger partial charge in [0, 0.05) is 30.3 Å². The van der Waals surface area contributed by atoms with Gasteiger partial charge in [-0.05, 0) is 11.4 Å². The fraction of sp³-hybridized carbons (Fsp3) is 0.188. The summed E-state index contributed by atoms with van der Waals surface area (Å²) in [5.74, 6) is 0.618. The van der Waals surface area contributed by atoms with E-state index >= 15 is 0 Å². The maximum Gasteiger partial charge on any atom is 0.273 e. The summed E-state index contributed by atoms with van der Waals surface area (Å²) in [6.45, 7) is 0.356. The van der Waals surface area contributed by atoms with Gasteiger partial charge in [-0.1, -0.05) is 36.0 Å². The minimum Gasteiger partial charge on any atom is -0.370 e. The standard InChI is InChI=1S/C16H15N5O3S2/c17-14(22)7-8-20-15(13-6-3-9-25-13)18-19-16(20)26-10-11-4-1-2-5-12(11)21(23)24/h1-6,9H,7-8,10H2,(H2,17,22). The maximum atomic E-state index is 11.2. The molecule has 10 heteroatoms. The largest absolute Gasteiger partial charge is 0.370 e. The lowest BCUT2D eigenvalue weighted by atomic mass is 10.2. The predicted octanol–water partition coefficient (Wildman–Crippen LogP) is 3.08. The third-order valence-corrected chi connectivity index (χ3v) is 5.47. The predicted molar refractivity (Wildman–Crippen MR) is 99.8 cm³/mol. The monoisotopic (exact) mass is 389 g/mol. The van der Waals surface area contributed by atoms with Crippen LogP contribution in [0.2, 0.25) is 0 Å². The molecule has 0 bridgehead atoms. The van der Waals surface area contributed by atoms with Crippen LogP contribution in [0.4, 0.5) is 5.69 Å². The Morgan fingerprint density at radius 1 is 1.27 bits per heavy atom. The van der Waals surface area contributed by atoms with Crippen LogP contribution >= 0.6 is 23.1 Å². The molecular formula is C16H15N5O3S2. The Hall–Kier alpha value is -2.72. The number of nitrogens with two attached hydrogens (primary N) is 1. The highest BCUT2D eigenvalue weighted by Crippen LogP contribution is 2.31. The zero-order valence-corrected chi connectivity index (χ0v) is 15.2. The molecule has 0 saturated carbocycles. The molecule has 0 aliphatic heterocycles. The number of para-hydroxylation sites is 1. The Balaban J connectivity index is 1.86. The summed E-state index contributed by atoms with van der Waals surface area (Å²) in [6.07, 6.45) is 0.162. The first-order chi connectivity index (χ1) is 12.6. The molecule has 1 aromatic carbocycles. The SMILES string of the molecule is NC(=O)CCn1c(SCc2ccccc2[N+](=O)[O-])nnc1-c1cccs1. The van der Waals surface area contributed by atoms with Crippen LogP contribution in [-0.2, 0) is 17.1 Å². The summed E-state index contributed by atoms with van der Waals surface area (Å²) in [5.41, 5.74) is 5.95. The van der Waals surface area contributed by atoms with E-state index in [-0.39, 0.29) is 12.1 Å². The first-order valence-corrected chi connectivity index (χ1v) is 9.53. The molecule has 0 radical (unpaired) electrons. The Morgan fingerprint density at radius 3 is 2.77 bits per heavy atom. The van der Waals surface area contributed by atoms with Gasteiger partial charge in [0.25, 0.3) is 5.69 Å². The first-order valence-electron chi connectivity index (χ1n) is 7.66. The summed E-state index contributed by atoms with van der Waals surface area (Å²) in [7, 11) is 0. The molecule has 0 aliphatic rings. The molecule has 2 heterocycles. The third-order valence-electron chi connectivity index (χ3n) is 3.59. The molecular weight excluding hydrogens is 374 g/mol. The van der Waals surface area contributed by atoms with Crippen LogP contribution in [0.5, 0.6) is 0 Å². The molecule has 3 rings (SSSR count). The first kappa shape index (κ1) is 18.1. The lowest BCUT2D eigenvalue weighted by molar-refractivity contribution is -0.385. The number of carbonyl (C=O) groups excluding carboxylic acids is 1. The summed E-state index contributed by atoms with van der Waals surface area (Å²) >= 11 is 2.86. The number of nitrogens with zero attached hydrogens (tertiary/aromatic N) is 4. The Labute approximate surface area is 157 Å². The third kappa shape index (κ3) is 4.09. The number of thiophene rings is 1. The highest BCUT2D eigenvalue weighted by atomic mass is 32.2. The zero-order valence-electron chi connectivity index (χ0n) is 13.6. The molecule has 26 heavy (non-hydrogen) atoms. The Bertz CT molecular complexity index is 924. The second kappa shape index (κ2) is 8.11. The van der Waals surface area contributed by atoms with Gasteiger partial charge >= 0.3 is 0 Å². The fourth-order valence-corrected chi connectivity index (χ4v) is 4.04. The number of amides is 1. The van der Waals surface area contributed by atoms with Crippen molar-refractivity contribution in [3.05, 3.63) is 57.5 Å². The van der Waals surface area contributed by atoms with E-state index < -0.39 is 10.8 Å². The normalized spacial score (nSPS) is 10.8. The molecule has 3 aromatic rings. The molecule has 0 atom stereocenters. The van der Waals surface area contributed by atoms with Gasteiger partial charge in [-0.15, -0.1) is 21.5 Å². The number of carbonyl (C=O) groups is 1. The van der Waals surface area contributed by atoms with Crippen molar-refractivity contribution in [3.63, 3.8) is 0 Å². The summed E-state index contributed by atoms with van der Waals surface area (Å²) in [5, 5.41) is 22.1. The smallest absolute Gasteiger partial charge is 0.273 e. The van der Waals surface area contributed by atoms with Crippen molar-refractivity contribution >= 4 is 34.7 Å². The lowest BCUT2D eigenvalue weighted by Crippen LogP contribution is -2.14. The van der Waals surface area contributed by atoms with E-state index in [1.807, 2.05) is 22.1 Å². The highest BCUT2D eigenvalue weighted by Gasteiger charge is 2.18. The van der Waals surface area contributed by atoms with Crippen LogP contribution in [0.1, 0.15) is 12.0 Å². The maximum absolute atomic E-state index is 11.2. The van der Waals surface area contributed by atoms with E-state index in [1.165, 1.54) is 29.2 Å². The van der Waals surface area contributed by atoms with Gasteiger partial charge < -0.3 is 10.3 Å². The summed E-state index contributed by atoms with van der Waals surface area (Å²) in [6, 6.07) is 10.4. The van der Waals surface area contributed by atoms with E-state index in [4.69, 9.17) is 5.73 Å². The van der Waals surface area contributed by atoms with Crippen molar-refractivity contribution in [1.82, 2.24) is 14.8 Å². The van der Waals surface area contributed by atoms with Crippen LogP contribution in [0, 0.1) is 10.1 Å². The van der Waals surface area contributed by atoms with Crippen LogP contribution in [0.25, 0.3) is 10.7 Å². The average molecular weight is 389 g/mol. The molecule has 2 N–H and O–H groups in total.